The summed E-state index contributed by atoms with van der Waals surface area (Å²) in [5, 5.41) is 4.56. The molecule has 1 aromatic carbocycles. The molecule has 1 heterocycles. The Hall–Kier alpha value is -1.63. The second-order valence-electron chi connectivity index (χ2n) is 4.94. The number of methoxy groups -OCH3 is 1. The maximum absolute atomic E-state index is 5.83. The molecule has 1 aromatic heterocycles. The standard InChI is InChI=1S/C15H20ClN3O3/c1-11(15-17-14(10-20-3)18-22-15)19(2)8-9-21-13-6-4-12(16)5-7-13/h4-7,11H,8-10H2,1-3H3. The molecule has 0 aliphatic carbocycles. The molecule has 0 saturated heterocycles. The van der Waals surface area contributed by atoms with Gasteiger partial charge in [0.2, 0.25) is 5.89 Å². The van der Waals surface area contributed by atoms with E-state index in [4.69, 9.17) is 25.6 Å². The summed E-state index contributed by atoms with van der Waals surface area (Å²) < 4.78 is 15.9. The first-order valence-corrected chi connectivity index (χ1v) is 7.38. The van der Waals surface area contributed by atoms with Gasteiger partial charge in [0.05, 0.1) is 6.04 Å². The van der Waals surface area contributed by atoms with Gasteiger partial charge in [-0.25, -0.2) is 0 Å². The Balaban J connectivity index is 1.80. The first kappa shape index (κ1) is 16.7. The van der Waals surface area contributed by atoms with Crippen LogP contribution in [0.15, 0.2) is 28.8 Å². The average Bonchev–Trinajstić information content (AvgIpc) is 2.97. The van der Waals surface area contributed by atoms with Crippen LogP contribution in [-0.4, -0.2) is 42.3 Å². The van der Waals surface area contributed by atoms with E-state index in [9.17, 15) is 0 Å². The summed E-state index contributed by atoms with van der Waals surface area (Å²) in [6.45, 7) is 3.64. The fraction of sp³-hybridized carbons (Fsp3) is 0.467. The first-order valence-electron chi connectivity index (χ1n) is 7.00. The van der Waals surface area contributed by atoms with E-state index in [1.165, 1.54) is 0 Å². The molecule has 0 spiro atoms. The third-order valence-corrected chi connectivity index (χ3v) is 3.55. The van der Waals surface area contributed by atoms with Crippen molar-refractivity contribution in [1.82, 2.24) is 15.0 Å². The minimum absolute atomic E-state index is 0.00641. The maximum atomic E-state index is 5.83. The SMILES string of the molecule is COCc1noc(C(C)N(C)CCOc2ccc(Cl)cc2)n1. The van der Waals surface area contributed by atoms with Gasteiger partial charge in [-0.05, 0) is 38.2 Å². The van der Waals surface area contributed by atoms with Gasteiger partial charge in [0, 0.05) is 18.7 Å². The normalized spacial score (nSPS) is 12.6. The first-order chi connectivity index (χ1) is 10.6. The van der Waals surface area contributed by atoms with Gasteiger partial charge >= 0.3 is 0 Å². The molecule has 22 heavy (non-hydrogen) atoms. The van der Waals surface area contributed by atoms with Crippen LogP contribution in [0.25, 0.3) is 0 Å². The van der Waals surface area contributed by atoms with Crippen LogP contribution >= 0.6 is 11.6 Å². The third kappa shape index (κ3) is 4.69. The van der Waals surface area contributed by atoms with Crippen molar-refractivity contribution in [3.63, 3.8) is 0 Å². The molecule has 0 radical (unpaired) electrons. The predicted octanol–water partition coefficient (Wildman–Crippen LogP) is 2.94. The fourth-order valence-electron chi connectivity index (χ4n) is 1.85. The van der Waals surface area contributed by atoms with Crippen molar-refractivity contribution in [3.05, 3.63) is 41.0 Å². The zero-order valence-corrected chi connectivity index (χ0v) is 13.7. The molecule has 6 nitrogen and oxygen atoms in total. The number of likely N-dealkylation sites (N-methyl/N-ethyl adjacent to an activating group) is 1. The highest BCUT2D eigenvalue weighted by Crippen LogP contribution is 2.18. The summed E-state index contributed by atoms with van der Waals surface area (Å²) in [6, 6.07) is 7.31. The highest BCUT2D eigenvalue weighted by Gasteiger charge is 2.18. The number of rotatable bonds is 8. The smallest absolute Gasteiger partial charge is 0.243 e. The molecule has 1 atom stereocenters. The van der Waals surface area contributed by atoms with Crippen LogP contribution in [0.5, 0.6) is 5.75 Å². The molecule has 0 fully saturated rings. The van der Waals surface area contributed by atoms with Crippen LogP contribution < -0.4 is 4.74 Å². The number of hydrogen-bond donors (Lipinski definition) is 0. The molecule has 0 N–H and O–H groups in total. The number of hydrogen-bond acceptors (Lipinski definition) is 6. The Morgan fingerprint density at radius 1 is 1.32 bits per heavy atom. The lowest BCUT2D eigenvalue weighted by atomic mass is 10.3. The quantitative estimate of drug-likeness (QED) is 0.743. The molecule has 120 valence electrons. The number of aromatic nitrogens is 2. The Morgan fingerprint density at radius 2 is 2.05 bits per heavy atom. The Morgan fingerprint density at radius 3 is 2.73 bits per heavy atom. The van der Waals surface area contributed by atoms with Crippen LogP contribution in [0.1, 0.15) is 24.7 Å². The molecule has 0 aliphatic heterocycles. The number of nitrogens with zero attached hydrogens (tertiary/aromatic N) is 3. The lowest BCUT2D eigenvalue weighted by molar-refractivity contribution is 0.169. The molecule has 0 bridgehead atoms. The van der Waals surface area contributed by atoms with Crippen LogP contribution in [-0.2, 0) is 11.3 Å². The summed E-state index contributed by atoms with van der Waals surface area (Å²) in [5.74, 6) is 1.92. The molecular weight excluding hydrogens is 306 g/mol. The maximum Gasteiger partial charge on any atom is 0.243 e. The van der Waals surface area contributed by atoms with Crippen LogP contribution in [0.2, 0.25) is 5.02 Å². The monoisotopic (exact) mass is 325 g/mol. The summed E-state index contributed by atoms with van der Waals surface area (Å²) in [4.78, 5) is 6.38. The molecule has 0 aliphatic rings. The van der Waals surface area contributed by atoms with Crippen LogP contribution in [0.3, 0.4) is 0 Å². The van der Waals surface area contributed by atoms with Gasteiger partial charge in [0.25, 0.3) is 0 Å². The van der Waals surface area contributed by atoms with Crippen molar-refractivity contribution < 1.29 is 14.0 Å². The molecule has 0 saturated carbocycles. The van der Waals surface area contributed by atoms with Crippen molar-refractivity contribution in [3.8, 4) is 5.75 Å². The number of benzene rings is 1. The molecule has 1 unspecified atom stereocenters. The van der Waals surface area contributed by atoms with Gasteiger partial charge in [-0.15, -0.1) is 0 Å². The van der Waals surface area contributed by atoms with Gasteiger partial charge in [0.15, 0.2) is 5.82 Å². The molecule has 2 rings (SSSR count). The van der Waals surface area contributed by atoms with Crippen LogP contribution in [0.4, 0.5) is 0 Å². The van der Waals surface area contributed by atoms with E-state index in [1.807, 2.05) is 26.1 Å². The number of ether oxygens (including phenoxy) is 2. The predicted molar refractivity (Wildman–Crippen MR) is 83.0 cm³/mol. The van der Waals surface area contributed by atoms with Crippen molar-refractivity contribution >= 4 is 11.6 Å². The van der Waals surface area contributed by atoms with Gasteiger partial charge in [-0.3, -0.25) is 4.90 Å². The highest BCUT2D eigenvalue weighted by molar-refractivity contribution is 6.30. The average molecular weight is 326 g/mol. The number of halogens is 1. The fourth-order valence-corrected chi connectivity index (χ4v) is 1.97. The molecular formula is C15H20ClN3O3. The Kier molecular flexibility index (Phi) is 6.18. The Bertz CT molecular complexity index is 574. The second kappa shape index (κ2) is 8.12. The largest absolute Gasteiger partial charge is 0.492 e. The van der Waals surface area contributed by atoms with Gasteiger partial charge in [-0.1, -0.05) is 16.8 Å². The Labute approximate surface area is 135 Å². The lowest BCUT2D eigenvalue weighted by Gasteiger charge is -2.21. The van der Waals surface area contributed by atoms with E-state index in [-0.39, 0.29) is 6.04 Å². The van der Waals surface area contributed by atoms with E-state index in [1.54, 1.807) is 19.2 Å². The second-order valence-corrected chi connectivity index (χ2v) is 5.38. The highest BCUT2D eigenvalue weighted by atomic mass is 35.5. The topological polar surface area (TPSA) is 60.6 Å². The minimum atomic E-state index is 0.00641. The molecule has 0 amide bonds. The van der Waals surface area contributed by atoms with Gasteiger partial charge < -0.3 is 14.0 Å². The van der Waals surface area contributed by atoms with E-state index < -0.39 is 0 Å². The van der Waals surface area contributed by atoms with E-state index in [0.29, 0.717) is 30.0 Å². The van der Waals surface area contributed by atoms with Crippen LogP contribution in [0, 0.1) is 0 Å². The summed E-state index contributed by atoms with van der Waals surface area (Å²) >= 11 is 5.83. The summed E-state index contributed by atoms with van der Waals surface area (Å²) in [5.41, 5.74) is 0. The van der Waals surface area contributed by atoms with E-state index in [2.05, 4.69) is 15.0 Å². The van der Waals surface area contributed by atoms with Gasteiger partial charge in [-0.2, -0.15) is 4.98 Å². The van der Waals surface area contributed by atoms with Crippen molar-refractivity contribution in [2.45, 2.75) is 19.6 Å². The van der Waals surface area contributed by atoms with Gasteiger partial charge in [0.1, 0.15) is 19.0 Å². The zero-order valence-electron chi connectivity index (χ0n) is 13.0. The lowest BCUT2D eigenvalue weighted by Crippen LogP contribution is -2.27. The molecule has 7 heteroatoms. The third-order valence-electron chi connectivity index (χ3n) is 3.30. The van der Waals surface area contributed by atoms with E-state index >= 15 is 0 Å². The molecule has 2 aromatic rings. The minimum Gasteiger partial charge on any atom is -0.492 e. The van der Waals surface area contributed by atoms with Crippen molar-refractivity contribution in [1.29, 1.82) is 0 Å². The summed E-state index contributed by atoms with van der Waals surface area (Å²) in [6.07, 6.45) is 0. The van der Waals surface area contributed by atoms with Crippen molar-refractivity contribution in [2.24, 2.45) is 0 Å². The van der Waals surface area contributed by atoms with E-state index in [0.717, 1.165) is 12.3 Å². The van der Waals surface area contributed by atoms with Crippen molar-refractivity contribution in [2.75, 3.05) is 27.3 Å². The summed E-state index contributed by atoms with van der Waals surface area (Å²) in [7, 11) is 3.58. The zero-order chi connectivity index (χ0) is 15.9.